The Bertz CT molecular complexity index is 123. The van der Waals surface area contributed by atoms with Crippen LogP contribution in [0.25, 0.3) is 0 Å². The van der Waals surface area contributed by atoms with E-state index in [1.54, 1.807) is 0 Å². The number of ether oxygens (including phenoxy) is 2. The zero-order chi connectivity index (χ0) is 7.82. The molecule has 3 nitrogen and oxygen atoms in total. The third-order valence-corrected chi connectivity index (χ3v) is 1.13. The second kappa shape index (κ2) is 6.99. The number of hydrogen-bond acceptors (Lipinski definition) is 3. The molecule has 10 heavy (non-hydrogen) atoms. The van der Waals surface area contributed by atoms with Gasteiger partial charge in [-0.1, -0.05) is 0 Å². The molecule has 0 amide bonds. The molecule has 2 N–H and O–H groups in total. The molecular weight excluding hydrogens is 150 g/mol. The lowest BCUT2D eigenvalue weighted by Crippen LogP contribution is -2.14. The van der Waals surface area contributed by atoms with E-state index in [1.165, 1.54) is 0 Å². The SMILES string of the molecule is CCOC(C#SN)OCC. The molecule has 0 heterocycles. The summed E-state index contributed by atoms with van der Waals surface area (Å²) in [6.45, 7) is 5.01. The smallest absolute Gasteiger partial charge is 0.225 e. The summed E-state index contributed by atoms with van der Waals surface area (Å²) in [5.74, 6) is 0. The lowest BCUT2D eigenvalue weighted by Gasteiger charge is -2.08. The zero-order valence-corrected chi connectivity index (χ0v) is 7.11. The van der Waals surface area contributed by atoms with E-state index in [2.05, 4.69) is 5.18 Å². The predicted molar refractivity (Wildman–Crippen MR) is 42.7 cm³/mol. The molecule has 0 spiro atoms. The zero-order valence-electron chi connectivity index (χ0n) is 6.29. The fraction of sp³-hybridized carbons (Fsp3) is 0.833. The Hall–Kier alpha value is -0.120. The van der Waals surface area contributed by atoms with Crippen molar-refractivity contribution < 1.29 is 9.47 Å². The molecular formula is C6H13NO2S. The summed E-state index contributed by atoms with van der Waals surface area (Å²) < 4.78 is 10.2. The van der Waals surface area contributed by atoms with Crippen LogP contribution in [0.15, 0.2) is 0 Å². The molecule has 0 aromatic rings. The highest BCUT2D eigenvalue weighted by Crippen LogP contribution is 1.92. The summed E-state index contributed by atoms with van der Waals surface area (Å²) >= 11 is 0.990. The molecule has 0 atom stereocenters. The maximum atomic E-state index is 5.14. The van der Waals surface area contributed by atoms with Gasteiger partial charge in [-0.2, -0.15) is 0 Å². The highest BCUT2D eigenvalue weighted by Gasteiger charge is 2.00. The topological polar surface area (TPSA) is 44.5 Å². The summed E-state index contributed by atoms with van der Waals surface area (Å²) in [5.41, 5.74) is 0. The lowest BCUT2D eigenvalue weighted by molar-refractivity contribution is -0.0964. The monoisotopic (exact) mass is 163 g/mol. The van der Waals surface area contributed by atoms with Crippen molar-refractivity contribution in [1.29, 1.82) is 0 Å². The van der Waals surface area contributed by atoms with Crippen LogP contribution in [0.5, 0.6) is 0 Å². The fourth-order valence-corrected chi connectivity index (χ4v) is 0.722. The van der Waals surface area contributed by atoms with Gasteiger partial charge in [-0.15, -0.1) is 0 Å². The van der Waals surface area contributed by atoms with Crippen molar-refractivity contribution in [3.63, 3.8) is 0 Å². The van der Waals surface area contributed by atoms with E-state index in [1.807, 2.05) is 13.8 Å². The third-order valence-electron chi connectivity index (χ3n) is 0.800. The average Bonchev–Trinajstić information content (AvgIpc) is 1.90. The molecule has 0 saturated carbocycles. The molecule has 0 rings (SSSR count). The van der Waals surface area contributed by atoms with Crippen LogP contribution < -0.4 is 5.14 Å². The molecule has 0 unspecified atom stereocenters. The van der Waals surface area contributed by atoms with Gasteiger partial charge < -0.3 is 9.47 Å². The fourth-order valence-electron chi connectivity index (χ4n) is 0.474. The molecule has 0 aromatic heterocycles. The van der Waals surface area contributed by atoms with Gasteiger partial charge in [0, 0.05) is 13.2 Å². The van der Waals surface area contributed by atoms with Crippen molar-refractivity contribution in [2.24, 2.45) is 5.14 Å². The Morgan fingerprint density at radius 3 is 2.20 bits per heavy atom. The second-order valence-electron chi connectivity index (χ2n) is 1.48. The normalized spacial score (nSPS) is 9.60. The van der Waals surface area contributed by atoms with Crippen molar-refractivity contribution in [1.82, 2.24) is 0 Å². The lowest BCUT2D eigenvalue weighted by atomic mass is 10.7. The summed E-state index contributed by atoms with van der Waals surface area (Å²) in [6.07, 6.45) is -0.384. The average molecular weight is 163 g/mol. The minimum Gasteiger partial charge on any atom is -0.342 e. The first kappa shape index (κ1) is 9.88. The van der Waals surface area contributed by atoms with E-state index in [-0.39, 0.29) is 6.29 Å². The van der Waals surface area contributed by atoms with E-state index in [4.69, 9.17) is 14.6 Å². The van der Waals surface area contributed by atoms with Gasteiger partial charge in [0.05, 0.1) is 0 Å². The maximum Gasteiger partial charge on any atom is 0.225 e. The molecule has 0 bridgehead atoms. The van der Waals surface area contributed by atoms with Gasteiger partial charge in [-0.3, -0.25) is 5.14 Å². The number of rotatable bonds is 4. The van der Waals surface area contributed by atoms with Crippen LogP contribution in [0.4, 0.5) is 0 Å². The van der Waals surface area contributed by atoms with Crippen molar-refractivity contribution in [3.8, 4) is 5.18 Å². The standard InChI is InChI=1S/C6H13NO2S/c1-3-8-6(5-10-7)9-4-2/h6H,3-4,7H2,1-2H3. The minimum absolute atomic E-state index is 0.384. The second-order valence-corrected chi connectivity index (χ2v) is 1.95. The van der Waals surface area contributed by atoms with Crippen molar-refractivity contribution in [3.05, 3.63) is 0 Å². The van der Waals surface area contributed by atoms with Crippen molar-refractivity contribution in [2.75, 3.05) is 13.2 Å². The molecule has 0 aliphatic carbocycles. The van der Waals surface area contributed by atoms with Crippen molar-refractivity contribution >= 4 is 11.4 Å². The summed E-state index contributed by atoms with van der Waals surface area (Å²) in [6, 6.07) is 0. The van der Waals surface area contributed by atoms with Gasteiger partial charge in [0.15, 0.2) is 0 Å². The van der Waals surface area contributed by atoms with Crippen LogP contribution >= 0.6 is 11.4 Å². The third kappa shape index (κ3) is 4.73. The van der Waals surface area contributed by atoms with Gasteiger partial charge >= 0.3 is 0 Å². The molecule has 0 aromatic carbocycles. The van der Waals surface area contributed by atoms with E-state index < -0.39 is 0 Å². The molecule has 4 heteroatoms. The van der Waals surface area contributed by atoms with E-state index in [0.29, 0.717) is 13.2 Å². The van der Waals surface area contributed by atoms with Crippen LogP contribution in [0, 0.1) is 5.18 Å². The Morgan fingerprint density at radius 1 is 1.40 bits per heavy atom. The van der Waals surface area contributed by atoms with Crippen LogP contribution in [0.1, 0.15) is 13.8 Å². The Kier molecular flexibility index (Phi) is 6.91. The molecule has 0 aliphatic heterocycles. The number of hydrogen-bond donors (Lipinski definition) is 1. The summed E-state index contributed by atoms with van der Waals surface area (Å²) in [5, 5.41) is 7.87. The van der Waals surface area contributed by atoms with Crippen LogP contribution in [0.3, 0.4) is 0 Å². The summed E-state index contributed by atoms with van der Waals surface area (Å²) in [4.78, 5) is 0. The van der Waals surface area contributed by atoms with Crippen LogP contribution in [0.2, 0.25) is 0 Å². The molecule has 0 fully saturated rings. The molecule has 60 valence electrons. The largest absolute Gasteiger partial charge is 0.342 e. The minimum atomic E-state index is -0.384. The van der Waals surface area contributed by atoms with Gasteiger partial charge in [-0.05, 0) is 30.4 Å². The first-order chi connectivity index (χ1) is 4.85. The van der Waals surface area contributed by atoms with E-state index >= 15 is 0 Å². The van der Waals surface area contributed by atoms with Gasteiger partial charge in [0.2, 0.25) is 6.29 Å². The van der Waals surface area contributed by atoms with E-state index in [9.17, 15) is 0 Å². The summed E-state index contributed by atoms with van der Waals surface area (Å²) in [7, 11) is 0. The first-order valence-corrected chi connectivity index (χ1v) is 4.07. The van der Waals surface area contributed by atoms with Crippen LogP contribution in [-0.2, 0) is 9.47 Å². The Balaban J connectivity index is 3.57. The molecule has 0 radical (unpaired) electrons. The quantitative estimate of drug-likeness (QED) is 0.496. The Morgan fingerprint density at radius 2 is 1.90 bits per heavy atom. The number of nitrogens with two attached hydrogens (primary N) is 1. The highest BCUT2D eigenvalue weighted by molar-refractivity contribution is 7.86. The first-order valence-electron chi connectivity index (χ1n) is 3.19. The molecule has 0 saturated heterocycles. The van der Waals surface area contributed by atoms with Gasteiger partial charge in [0.25, 0.3) is 0 Å². The van der Waals surface area contributed by atoms with Crippen molar-refractivity contribution in [2.45, 2.75) is 20.1 Å². The predicted octanol–water partition coefficient (Wildman–Crippen LogP) is 0.952. The Labute approximate surface area is 65.2 Å². The maximum absolute atomic E-state index is 5.14. The van der Waals surface area contributed by atoms with Gasteiger partial charge in [-0.25, -0.2) is 0 Å². The van der Waals surface area contributed by atoms with E-state index in [0.717, 1.165) is 11.4 Å². The van der Waals surface area contributed by atoms with Crippen LogP contribution in [-0.4, -0.2) is 19.5 Å². The molecule has 0 aliphatic rings. The highest BCUT2D eigenvalue weighted by atomic mass is 32.1. The van der Waals surface area contributed by atoms with Gasteiger partial charge in [0.1, 0.15) is 0 Å².